The van der Waals surface area contributed by atoms with Crippen LogP contribution in [0.4, 0.5) is 11.5 Å². The molecule has 114 valence electrons. The summed E-state index contributed by atoms with van der Waals surface area (Å²) in [5, 5.41) is 3.01. The maximum atomic E-state index is 12.2. The number of halogens is 1. The summed E-state index contributed by atoms with van der Waals surface area (Å²) in [5.41, 5.74) is 5.40. The minimum absolute atomic E-state index is 0.174. The summed E-state index contributed by atoms with van der Waals surface area (Å²) in [6, 6.07) is 3.67. The third-order valence-corrected chi connectivity index (χ3v) is 4.33. The van der Waals surface area contributed by atoms with Gasteiger partial charge in [0.05, 0.1) is 4.34 Å². The Kier molecular flexibility index (Phi) is 4.74. The summed E-state index contributed by atoms with van der Waals surface area (Å²) in [6.07, 6.45) is 0.752. The maximum absolute atomic E-state index is 12.2. The molecule has 0 bridgehead atoms. The van der Waals surface area contributed by atoms with Crippen LogP contribution < -0.4 is 22.3 Å². The minimum Gasteiger partial charge on any atom is -0.383 e. The van der Waals surface area contributed by atoms with Gasteiger partial charge in [-0.3, -0.25) is 13.9 Å². The highest BCUT2D eigenvalue weighted by Gasteiger charge is 2.14. The molecule has 0 radical (unpaired) electrons. The number of rotatable bonds is 5. The highest BCUT2D eigenvalue weighted by Crippen LogP contribution is 2.22. The van der Waals surface area contributed by atoms with Crippen LogP contribution in [0.1, 0.15) is 18.2 Å². The molecule has 0 unspecified atom stereocenters. The Labute approximate surface area is 130 Å². The Balaban J connectivity index is 2.38. The molecule has 0 fully saturated rings. The molecule has 2 aromatic rings. The van der Waals surface area contributed by atoms with E-state index in [4.69, 9.17) is 17.3 Å². The first-order valence-corrected chi connectivity index (χ1v) is 7.72. The van der Waals surface area contributed by atoms with E-state index in [1.165, 1.54) is 23.0 Å². The monoisotopic (exact) mass is 328 g/mol. The molecular weight excluding hydrogens is 312 g/mol. The van der Waals surface area contributed by atoms with E-state index >= 15 is 0 Å². The summed E-state index contributed by atoms with van der Waals surface area (Å²) in [5.74, 6) is 0.174. The molecule has 0 aliphatic heterocycles. The van der Waals surface area contributed by atoms with Crippen molar-refractivity contribution >= 4 is 34.4 Å². The zero-order valence-electron chi connectivity index (χ0n) is 11.9. The van der Waals surface area contributed by atoms with Gasteiger partial charge >= 0.3 is 5.69 Å². The summed E-state index contributed by atoms with van der Waals surface area (Å²) in [6.45, 7) is 2.84. The fourth-order valence-electron chi connectivity index (χ4n) is 2.01. The Hall–Kier alpha value is -1.73. The molecule has 0 atom stereocenters. The van der Waals surface area contributed by atoms with Crippen molar-refractivity contribution in [1.82, 2.24) is 9.13 Å². The van der Waals surface area contributed by atoms with Gasteiger partial charge in [0, 0.05) is 25.0 Å². The quantitative estimate of drug-likeness (QED) is 0.877. The molecule has 0 saturated heterocycles. The van der Waals surface area contributed by atoms with Crippen molar-refractivity contribution in [3.63, 3.8) is 0 Å². The van der Waals surface area contributed by atoms with Crippen molar-refractivity contribution in [3.05, 3.63) is 42.2 Å². The lowest BCUT2D eigenvalue weighted by Crippen LogP contribution is -2.40. The topological polar surface area (TPSA) is 82.0 Å². The van der Waals surface area contributed by atoms with Gasteiger partial charge in [-0.2, -0.15) is 0 Å². The van der Waals surface area contributed by atoms with Crippen LogP contribution in [-0.2, 0) is 20.1 Å². The van der Waals surface area contributed by atoms with E-state index in [0.717, 1.165) is 15.9 Å². The zero-order chi connectivity index (χ0) is 15.6. The van der Waals surface area contributed by atoms with Gasteiger partial charge in [-0.25, -0.2) is 4.79 Å². The fourth-order valence-corrected chi connectivity index (χ4v) is 3.04. The molecule has 21 heavy (non-hydrogen) atoms. The average Bonchev–Trinajstić information content (AvgIpc) is 2.87. The molecular formula is C13H17ClN4O2S. The zero-order valence-corrected chi connectivity index (χ0v) is 13.4. The van der Waals surface area contributed by atoms with Crippen LogP contribution in [0, 0.1) is 0 Å². The molecule has 2 heterocycles. The van der Waals surface area contributed by atoms with E-state index in [-0.39, 0.29) is 11.5 Å². The minimum atomic E-state index is -0.424. The highest BCUT2D eigenvalue weighted by molar-refractivity contribution is 7.16. The molecule has 8 heteroatoms. The van der Waals surface area contributed by atoms with E-state index in [0.29, 0.717) is 17.4 Å². The predicted octanol–water partition coefficient (Wildman–Crippen LogP) is 1.87. The van der Waals surface area contributed by atoms with E-state index in [2.05, 4.69) is 5.32 Å². The summed E-state index contributed by atoms with van der Waals surface area (Å²) in [4.78, 5) is 25.2. The van der Waals surface area contributed by atoms with Gasteiger partial charge in [0.1, 0.15) is 11.5 Å². The molecule has 0 spiro atoms. The van der Waals surface area contributed by atoms with Crippen molar-refractivity contribution in [2.24, 2.45) is 7.05 Å². The lowest BCUT2D eigenvalue weighted by molar-refractivity contribution is 0.600. The third kappa shape index (κ3) is 3.14. The first-order valence-electron chi connectivity index (χ1n) is 6.53. The van der Waals surface area contributed by atoms with Crippen molar-refractivity contribution in [2.45, 2.75) is 26.4 Å². The van der Waals surface area contributed by atoms with Crippen molar-refractivity contribution in [1.29, 1.82) is 0 Å². The SMILES string of the molecule is CCCn1c(N)c(NCc2ccc(Cl)s2)c(=O)n(C)c1=O. The van der Waals surface area contributed by atoms with E-state index in [1.807, 2.05) is 13.0 Å². The molecule has 0 saturated carbocycles. The maximum Gasteiger partial charge on any atom is 0.332 e. The summed E-state index contributed by atoms with van der Waals surface area (Å²) in [7, 11) is 1.45. The van der Waals surface area contributed by atoms with Gasteiger partial charge in [-0.1, -0.05) is 18.5 Å². The molecule has 3 N–H and O–H groups in total. The normalized spacial score (nSPS) is 10.8. The second-order valence-corrected chi connectivity index (χ2v) is 6.42. The second-order valence-electron chi connectivity index (χ2n) is 4.62. The van der Waals surface area contributed by atoms with Crippen LogP contribution in [0.15, 0.2) is 21.7 Å². The number of hydrogen-bond acceptors (Lipinski definition) is 5. The molecule has 2 rings (SSSR count). The van der Waals surface area contributed by atoms with Gasteiger partial charge in [0.15, 0.2) is 0 Å². The lowest BCUT2D eigenvalue weighted by atomic mass is 10.3. The standard InChI is InChI=1S/C13H17ClN4O2S/c1-3-6-18-11(15)10(12(19)17(2)13(18)20)16-7-8-4-5-9(14)21-8/h4-5,16H,3,6-7,15H2,1-2H3. The smallest absolute Gasteiger partial charge is 0.332 e. The number of anilines is 2. The van der Waals surface area contributed by atoms with Crippen LogP contribution in [0.2, 0.25) is 4.34 Å². The Morgan fingerprint density at radius 3 is 2.67 bits per heavy atom. The number of hydrogen-bond donors (Lipinski definition) is 2. The van der Waals surface area contributed by atoms with Gasteiger partial charge in [0.2, 0.25) is 0 Å². The molecule has 0 aromatic carbocycles. The van der Waals surface area contributed by atoms with Crippen molar-refractivity contribution in [2.75, 3.05) is 11.1 Å². The number of nitrogens with zero attached hydrogens (tertiary/aromatic N) is 2. The second kappa shape index (κ2) is 6.36. The fraction of sp³-hybridized carbons (Fsp3) is 0.385. The first kappa shape index (κ1) is 15.7. The Bertz CT molecular complexity index is 763. The van der Waals surface area contributed by atoms with Crippen molar-refractivity contribution < 1.29 is 0 Å². The lowest BCUT2D eigenvalue weighted by Gasteiger charge is -2.15. The van der Waals surface area contributed by atoms with E-state index in [1.54, 1.807) is 6.07 Å². The Morgan fingerprint density at radius 2 is 2.10 bits per heavy atom. The highest BCUT2D eigenvalue weighted by atomic mass is 35.5. The average molecular weight is 329 g/mol. The number of nitrogen functional groups attached to an aromatic ring is 1. The van der Waals surface area contributed by atoms with E-state index in [9.17, 15) is 9.59 Å². The van der Waals surface area contributed by atoms with Crippen LogP contribution in [-0.4, -0.2) is 9.13 Å². The Morgan fingerprint density at radius 1 is 1.38 bits per heavy atom. The van der Waals surface area contributed by atoms with Crippen LogP contribution in [0.25, 0.3) is 0 Å². The molecule has 2 aromatic heterocycles. The molecule has 0 amide bonds. The van der Waals surface area contributed by atoms with Crippen LogP contribution >= 0.6 is 22.9 Å². The van der Waals surface area contributed by atoms with Gasteiger partial charge in [-0.05, 0) is 18.6 Å². The van der Waals surface area contributed by atoms with Gasteiger partial charge in [-0.15, -0.1) is 11.3 Å². The molecule has 6 nitrogen and oxygen atoms in total. The van der Waals surface area contributed by atoms with Gasteiger partial charge < -0.3 is 11.1 Å². The number of nitrogens with two attached hydrogens (primary N) is 1. The van der Waals surface area contributed by atoms with Crippen LogP contribution in [0.5, 0.6) is 0 Å². The third-order valence-electron chi connectivity index (χ3n) is 3.10. The van der Waals surface area contributed by atoms with Crippen LogP contribution in [0.3, 0.4) is 0 Å². The first-order chi connectivity index (χ1) is 9.95. The van der Waals surface area contributed by atoms with E-state index < -0.39 is 11.2 Å². The van der Waals surface area contributed by atoms with Gasteiger partial charge in [0.25, 0.3) is 5.56 Å². The molecule has 0 aliphatic rings. The van der Waals surface area contributed by atoms with Crippen molar-refractivity contribution in [3.8, 4) is 0 Å². The number of nitrogens with one attached hydrogen (secondary N) is 1. The summed E-state index contributed by atoms with van der Waals surface area (Å²) < 4.78 is 3.16. The molecule has 0 aliphatic carbocycles. The summed E-state index contributed by atoms with van der Waals surface area (Å²) >= 11 is 7.30. The predicted molar refractivity (Wildman–Crippen MR) is 87.3 cm³/mol. The number of thiophene rings is 1. The number of aromatic nitrogens is 2. The largest absolute Gasteiger partial charge is 0.383 e.